The SMILES string of the molecule is N#Cc1ccc(SN=C=O)cc1C(F)(F)F. The van der Waals surface area contributed by atoms with E-state index in [4.69, 9.17) is 5.26 Å². The van der Waals surface area contributed by atoms with Gasteiger partial charge in [0.05, 0.1) is 17.2 Å². The zero-order valence-electron chi connectivity index (χ0n) is 7.58. The second-order valence-electron chi connectivity index (χ2n) is 2.59. The van der Waals surface area contributed by atoms with E-state index in [-0.39, 0.29) is 4.90 Å². The first kappa shape index (κ1) is 12.3. The van der Waals surface area contributed by atoms with Crippen LogP contribution in [0, 0.1) is 11.3 Å². The molecule has 1 aromatic carbocycles. The van der Waals surface area contributed by atoms with Gasteiger partial charge in [0.1, 0.15) is 0 Å². The van der Waals surface area contributed by atoms with E-state index in [1.54, 1.807) is 0 Å². The molecule has 82 valence electrons. The summed E-state index contributed by atoms with van der Waals surface area (Å²) in [6.45, 7) is 0. The van der Waals surface area contributed by atoms with E-state index >= 15 is 0 Å². The number of rotatable bonds is 2. The van der Waals surface area contributed by atoms with E-state index in [2.05, 4.69) is 4.40 Å². The monoisotopic (exact) mass is 244 g/mol. The highest BCUT2D eigenvalue weighted by atomic mass is 32.2. The number of nitriles is 1. The van der Waals surface area contributed by atoms with Crippen LogP contribution in [0.15, 0.2) is 27.5 Å². The third-order valence-electron chi connectivity index (χ3n) is 1.61. The Hall–Kier alpha value is -1.77. The van der Waals surface area contributed by atoms with Gasteiger partial charge in [0.25, 0.3) is 0 Å². The summed E-state index contributed by atoms with van der Waals surface area (Å²) in [4.78, 5) is 9.92. The van der Waals surface area contributed by atoms with Crippen molar-refractivity contribution in [2.24, 2.45) is 4.40 Å². The van der Waals surface area contributed by atoms with Crippen LogP contribution in [0.2, 0.25) is 0 Å². The fourth-order valence-corrected chi connectivity index (χ4v) is 1.43. The standard InChI is InChI=1S/C9H3F3N2OS/c10-9(11,12)8-3-7(16-14-5-15)2-1-6(8)4-13/h1-3H. The van der Waals surface area contributed by atoms with Gasteiger partial charge < -0.3 is 0 Å². The lowest BCUT2D eigenvalue weighted by Crippen LogP contribution is -2.07. The van der Waals surface area contributed by atoms with Gasteiger partial charge in [-0.3, -0.25) is 0 Å². The smallest absolute Gasteiger partial charge is 0.210 e. The molecule has 0 saturated heterocycles. The largest absolute Gasteiger partial charge is 0.417 e. The topological polar surface area (TPSA) is 53.2 Å². The lowest BCUT2D eigenvalue weighted by Gasteiger charge is -2.08. The molecule has 0 spiro atoms. The molecule has 0 N–H and O–H groups in total. The molecular weight excluding hydrogens is 241 g/mol. The lowest BCUT2D eigenvalue weighted by molar-refractivity contribution is -0.137. The predicted octanol–water partition coefficient (Wildman–Crippen LogP) is 2.92. The van der Waals surface area contributed by atoms with Crippen LogP contribution in [0.25, 0.3) is 0 Å². The molecule has 0 heterocycles. The summed E-state index contributed by atoms with van der Waals surface area (Å²) in [6.07, 6.45) is -3.41. The molecule has 0 saturated carbocycles. The zero-order chi connectivity index (χ0) is 12.2. The van der Waals surface area contributed by atoms with Crippen LogP contribution in [-0.2, 0) is 11.0 Å². The summed E-state index contributed by atoms with van der Waals surface area (Å²) in [7, 11) is 0. The van der Waals surface area contributed by atoms with Crippen molar-refractivity contribution >= 4 is 18.0 Å². The van der Waals surface area contributed by atoms with Crippen molar-refractivity contribution in [3.8, 4) is 6.07 Å². The van der Waals surface area contributed by atoms with Gasteiger partial charge in [0.15, 0.2) is 0 Å². The van der Waals surface area contributed by atoms with Crippen LogP contribution < -0.4 is 0 Å². The summed E-state index contributed by atoms with van der Waals surface area (Å²) >= 11 is 0.562. The van der Waals surface area contributed by atoms with E-state index in [0.29, 0.717) is 11.9 Å². The van der Waals surface area contributed by atoms with Crippen LogP contribution in [0.4, 0.5) is 13.2 Å². The Morgan fingerprint density at radius 1 is 1.38 bits per heavy atom. The summed E-state index contributed by atoms with van der Waals surface area (Å²) in [5, 5.41) is 8.51. The van der Waals surface area contributed by atoms with Crippen molar-refractivity contribution in [1.82, 2.24) is 0 Å². The summed E-state index contributed by atoms with van der Waals surface area (Å²) in [5.74, 6) is 0. The molecule has 0 aliphatic carbocycles. The quantitative estimate of drug-likeness (QED) is 0.456. The number of hydrogen-bond acceptors (Lipinski definition) is 4. The molecule has 7 heteroatoms. The molecule has 1 aromatic rings. The lowest BCUT2D eigenvalue weighted by atomic mass is 10.1. The minimum Gasteiger partial charge on any atom is -0.210 e. The second kappa shape index (κ2) is 4.84. The first-order valence-electron chi connectivity index (χ1n) is 3.84. The Morgan fingerprint density at radius 2 is 2.06 bits per heavy atom. The zero-order valence-corrected chi connectivity index (χ0v) is 8.39. The number of carbonyl (C=O) groups excluding carboxylic acids is 1. The average Bonchev–Trinajstić information content (AvgIpc) is 2.24. The normalized spacial score (nSPS) is 10.4. The predicted molar refractivity (Wildman–Crippen MR) is 50.1 cm³/mol. The van der Waals surface area contributed by atoms with Crippen molar-refractivity contribution in [1.29, 1.82) is 5.26 Å². The molecule has 0 aliphatic rings. The van der Waals surface area contributed by atoms with Crippen molar-refractivity contribution in [3.63, 3.8) is 0 Å². The molecule has 16 heavy (non-hydrogen) atoms. The number of hydrogen-bond donors (Lipinski definition) is 0. The molecule has 1 rings (SSSR count). The maximum Gasteiger partial charge on any atom is 0.417 e. The minimum atomic E-state index is -4.60. The van der Waals surface area contributed by atoms with Crippen molar-refractivity contribution in [2.75, 3.05) is 0 Å². The summed E-state index contributed by atoms with van der Waals surface area (Å²) < 4.78 is 40.5. The van der Waals surface area contributed by atoms with Gasteiger partial charge in [0, 0.05) is 16.8 Å². The molecule has 0 unspecified atom stereocenters. The third-order valence-corrected chi connectivity index (χ3v) is 2.24. The summed E-state index contributed by atoms with van der Waals surface area (Å²) in [6, 6.07) is 4.53. The molecule has 0 radical (unpaired) electrons. The van der Waals surface area contributed by atoms with Crippen LogP contribution >= 0.6 is 11.9 Å². The van der Waals surface area contributed by atoms with Crippen molar-refractivity contribution in [3.05, 3.63) is 29.3 Å². The average molecular weight is 244 g/mol. The number of alkyl halides is 3. The summed E-state index contributed by atoms with van der Waals surface area (Å²) in [5.41, 5.74) is -1.51. The Kier molecular flexibility index (Phi) is 3.72. The van der Waals surface area contributed by atoms with Gasteiger partial charge in [-0.2, -0.15) is 18.4 Å². The first-order valence-corrected chi connectivity index (χ1v) is 4.62. The Balaban J connectivity index is 3.23. The Labute approximate surface area is 92.7 Å². The van der Waals surface area contributed by atoms with Gasteiger partial charge in [-0.15, -0.1) is 4.40 Å². The van der Waals surface area contributed by atoms with Crippen molar-refractivity contribution in [2.45, 2.75) is 11.1 Å². The van der Waals surface area contributed by atoms with Gasteiger partial charge in [-0.1, -0.05) is 0 Å². The van der Waals surface area contributed by atoms with E-state index < -0.39 is 17.3 Å². The molecule has 3 nitrogen and oxygen atoms in total. The fraction of sp³-hybridized carbons (Fsp3) is 0.111. The maximum atomic E-state index is 12.5. The van der Waals surface area contributed by atoms with E-state index in [9.17, 15) is 18.0 Å². The van der Waals surface area contributed by atoms with Crippen molar-refractivity contribution < 1.29 is 18.0 Å². The third kappa shape index (κ3) is 2.86. The fourth-order valence-electron chi connectivity index (χ4n) is 0.984. The van der Waals surface area contributed by atoms with Gasteiger partial charge in [-0.05, 0) is 18.2 Å². The molecule has 0 amide bonds. The highest BCUT2D eigenvalue weighted by Gasteiger charge is 2.33. The van der Waals surface area contributed by atoms with E-state index in [0.717, 1.165) is 12.1 Å². The van der Waals surface area contributed by atoms with Gasteiger partial charge >= 0.3 is 6.18 Å². The van der Waals surface area contributed by atoms with Crippen LogP contribution in [-0.4, -0.2) is 6.08 Å². The number of benzene rings is 1. The van der Waals surface area contributed by atoms with E-state index in [1.807, 2.05) is 0 Å². The Morgan fingerprint density at radius 3 is 2.56 bits per heavy atom. The second-order valence-corrected chi connectivity index (χ2v) is 3.43. The number of nitrogens with zero attached hydrogens (tertiary/aromatic N) is 2. The number of isocyanates is 1. The highest BCUT2D eigenvalue weighted by Crippen LogP contribution is 2.34. The van der Waals surface area contributed by atoms with Crippen LogP contribution in [0.5, 0.6) is 0 Å². The number of halogens is 3. The van der Waals surface area contributed by atoms with Crippen LogP contribution in [0.1, 0.15) is 11.1 Å². The van der Waals surface area contributed by atoms with Gasteiger partial charge in [-0.25, -0.2) is 4.79 Å². The maximum absolute atomic E-state index is 12.5. The van der Waals surface area contributed by atoms with Crippen LogP contribution in [0.3, 0.4) is 0 Å². The molecular formula is C9H3F3N2OS. The highest BCUT2D eigenvalue weighted by molar-refractivity contribution is 7.98. The first-order chi connectivity index (χ1) is 7.49. The molecule has 0 bridgehead atoms. The molecule has 0 fully saturated rings. The Bertz CT molecular complexity index is 487. The molecule has 0 atom stereocenters. The minimum absolute atomic E-state index is 0.120. The molecule has 0 aromatic heterocycles. The van der Waals surface area contributed by atoms with Gasteiger partial charge in [0.2, 0.25) is 6.08 Å². The molecule has 0 aliphatic heterocycles. The van der Waals surface area contributed by atoms with E-state index in [1.165, 1.54) is 18.2 Å².